The molecule has 160 valence electrons. The zero-order valence-electron chi connectivity index (χ0n) is 16.2. The molecule has 0 atom stereocenters. The quantitative estimate of drug-likeness (QED) is 0.220. The van der Waals surface area contributed by atoms with Gasteiger partial charge in [0.25, 0.3) is 5.69 Å². The number of aromatic nitrogens is 3. The first-order chi connectivity index (χ1) is 14.9. The van der Waals surface area contributed by atoms with Gasteiger partial charge in [-0.15, -0.1) is 16.8 Å². The zero-order chi connectivity index (χ0) is 22.4. The molecule has 0 radical (unpaired) electrons. The van der Waals surface area contributed by atoms with Crippen LogP contribution in [-0.2, 0) is 18.9 Å². The average Bonchev–Trinajstić information content (AvgIpc) is 3.13. The fourth-order valence-electron chi connectivity index (χ4n) is 2.70. The molecule has 1 aromatic heterocycles. The summed E-state index contributed by atoms with van der Waals surface area (Å²) < 4.78 is 21.0. The predicted octanol–water partition coefficient (Wildman–Crippen LogP) is 3.48. The molecule has 2 N–H and O–H groups in total. The van der Waals surface area contributed by atoms with E-state index in [4.69, 9.17) is 10.5 Å². The number of para-hydroxylation sites is 1. The number of nitro benzene ring substituents is 1. The molecule has 0 bridgehead atoms. The maximum Gasteiger partial charge on any atom is 0.274 e. The number of hydrogen-bond donors (Lipinski definition) is 1. The van der Waals surface area contributed by atoms with E-state index in [1.54, 1.807) is 22.8 Å². The van der Waals surface area contributed by atoms with Gasteiger partial charge < -0.3 is 10.5 Å². The third-order valence-corrected chi connectivity index (χ3v) is 5.24. The molecule has 0 aliphatic rings. The van der Waals surface area contributed by atoms with Crippen molar-refractivity contribution in [1.82, 2.24) is 14.8 Å². The molecule has 0 saturated carbocycles. The standard InChI is InChI=1S/C20H18FN5O4S/c1-2-9-25-18(11-30-17-6-4-3-5-15(17)21)23-24-20(25)31-12-14-8-7-13(19(22)27)10-16(14)26(28)29/h2-8,10H,1,9,11-12H2,(H2,22,27). The van der Waals surface area contributed by atoms with Gasteiger partial charge in [-0.1, -0.05) is 36.0 Å². The number of carbonyl (C=O) groups is 1. The van der Waals surface area contributed by atoms with Crippen LogP contribution in [0.1, 0.15) is 21.7 Å². The normalized spacial score (nSPS) is 10.6. The Bertz CT molecular complexity index is 1130. The molecule has 9 nitrogen and oxygen atoms in total. The molecule has 1 amide bonds. The van der Waals surface area contributed by atoms with Crippen molar-refractivity contribution in [2.75, 3.05) is 0 Å². The highest BCUT2D eigenvalue weighted by Gasteiger charge is 2.19. The highest BCUT2D eigenvalue weighted by molar-refractivity contribution is 7.98. The van der Waals surface area contributed by atoms with Crippen molar-refractivity contribution < 1.29 is 18.8 Å². The van der Waals surface area contributed by atoms with E-state index in [1.165, 1.54) is 36.0 Å². The van der Waals surface area contributed by atoms with Crippen LogP contribution in [-0.4, -0.2) is 25.6 Å². The largest absolute Gasteiger partial charge is 0.483 e. The van der Waals surface area contributed by atoms with Crippen molar-refractivity contribution in [2.45, 2.75) is 24.1 Å². The van der Waals surface area contributed by atoms with Gasteiger partial charge in [-0.05, 0) is 18.2 Å². The summed E-state index contributed by atoms with van der Waals surface area (Å²) in [5.41, 5.74) is 5.45. The van der Waals surface area contributed by atoms with Crippen molar-refractivity contribution >= 4 is 23.4 Å². The van der Waals surface area contributed by atoms with Crippen LogP contribution in [0.5, 0.6) is 5.75 Å². The lowest BCUT2D eigenvalue weighted by Gasteiger charge is -2.10. The Morgan fingerprint density at radius 3 is 2.77 bits per heavy atom. The summed E-state index contributed by atoms with van der Waals surface area (Å²) in [5, 5.41) is 20.1. The topological polar surface area (TPSA) is 126 Å². The van der Waals surface area contributed by atoms with Crippen LogP contribution in [0.25, 0.3) is 0 Å². The van der Waals surface area contributed by atoms with Crippen LogP contribution >= 0.6 is 11.8 Å². The fraction of sp³-hybridized carbons (Fsp3) is 0.150. The lowest BCUT2D eigenvalue weighted by Crippen LogP contribution is -2.11. The number of thioether (sulfide) groups is 1. The minimum atomic E-state index is -0.743. The van der Waals surface area contributed by atoms with Gasteiger partial charge in [0.1, 0.15) is 6.61 Å². The predicted molar refractivity (Wildman–Crippen MR) is 112 cm³/mol. The van der Waals surface area contributed by atoms with E-state index >= 15 is 0 Å². The molecule has 0 fully saturated rings. The van der Waals surface area contributed by atoms with Gasteiger partial charge >= 0.3 is 0 Å². The number of primary amides is 1. The summed E-state index contributed by atoms with van der Waals surface area (Å²) >= 11 is 1.22. The molecule has 1 heterocycles. The lowest BCUT2D eigenvalue weighted by atomic mass is 10.1. The summed E-state index contributed by atoms with van der Waals surface area (Å²) in [6.07, 6.45) is 1.64. The molecule has 0 aliphatic carbocycles. The molecule has 11 heteroatoms. The maximum absolute atomic E-state index is 13.8. The van der Waals surface area contributed by atoms with Gasteiger partial charge in [0.2, 0.25) is 5.91 Å². The van der Waals surface area contributed by atoms with Crippen molar-refractivity contribution in [2.24, 2.45) is 5.73 Å². The molecular formula is C20H18FN5O4S. The summed E-state index contributed by atoms with van der Waals surface area (Å²) in [7, 11) is 0. The fourth-order valence-corrected chi connectivity index (χ4v) is 3.66. The number of benzene rings is 2. The second-order valence-electron chi connectivity index (χ2n) is 6.27. The van der Waals surface area contributed by atoms with Gasteiger partial charge in [-0.2, -0.15) is 0 Å². The number of carbonyl (C=O) groups excluding carboxylic acids is 1. The van der Waals surface area contributed by atoms with Gasteiger partial charge in [-0.25, -0.2) is 4.39 Å². The van der Waals surface area contributed by atoms with E-state index in [0.29, 0.717) is 23.1 Å². The van der Waals surface area contributed by atoms with Crippen LogP contribution in [0.3, 0.4) is 0 Å². The van der Waals surface area contributed by atoms with Crippen LogP contribution in [0, 0.1) is 15.9 Å². The van der Waals surface area contributed by atoms with Gasteiger partial charge in [0.05, 0.1) is 4.92 Å². The first kappa shape index (κ1) is 22.0. The Labute approximate surface area is 180 Å². The number of allylic oxidation sites excluding steroid dienone is 1. The number of ether oxygens (including phenoxy) is 1. The summed E-state index contributed by atoms with van der Waals surface area (Å²) in [5.74, 6) is -0.482. The number of halogens is 1. The first-order valence-corrected chi connectivity index (χ1v) is 9.99. The van der Waals surface area contributed by atoms with E-state index in [1.807, 2.05) is 0 Å². The highest BCUT2D eigenvalue weighted by atomic mass is 32.2. The molecule has 2 aromatic carbocycles. The third kappa shape index (κ3) is 5.25. The molecule has 0 spiro atoms. The van der Waals surface area contributed by atoms with Crippen molar-refractivity contribution in [3.63, 3.8) is 0 Å². The summed E-state index contributed by atoms with van der Waals surface area (Å²) in [6, 6.07) is 10.1. The smallest absolute Gasteiger partial charge is 0.274 e. The minimum absolute atomic E-state index is 0.0181. The minimum Gasteiger partial charge on any atom is -0.483 e. The van der Waals surface area contributed by atoms with Gasteiger partial charge in [0.15, 0.2) is 22.5 Å². The Kier molecular flexibility index (Phi) is 6.98. The SMILES string of the molecule is C=CCn1c(COc2ccccc2F)nnc1SCc1ccc(C(N)=O)cc1[N+](=O)[O-]. The Morgan fingerprint density at radius 2 is 2.10 bits per heavy atom. The van der Waals surface area contributed by atoms with Gasteiger partial charge in [0, 0.05) is 29.5 Å². The molecule has 3 rings (SSSR count). The molecule has 0 unspecified atom stereocenters. The van der Waals surface area contributed by atoms with Crippen molar-refractivity contribution in [3.05, 3.63) is 88.0 Å². The van der Waals surface area contributed by atoms with E-state index in [2.05, 4.69) is 16.8 Å². The molecule has 31 heavy (non-hydrogen) atoms. The van der Waals surface area contributed by atoms with E-state index < -0.39 is 16.6 Å². The zero-order valence-corrected chi connectivity index (χ0v) is 17.0. The lowest BCUT2D eigenvalue weighted by molar-refractivity contribution is -0.385. The van der Waals surface area contributed by atoms with E-state index in [-0.39, 0.29) is 29.4 Å². The summed E-state index contributed by atoms with van der Waals surface area (Å²) in [4.78, 5) is 22.1. The number of nitro groups is 1. The number of rotatable bonds is 10. The number of hydrogen-bond acceptors (Lipinski definition) is 7. The second kappa shape index (κ2) is 9.85. The first-order valence-electron chi connectivity index (χ1n) is 9.01. The maximum atomic E-state index is 13.8. The number of nitrogens with two attached hydrogens (primary N) is 1. The molecular weight excluding hydrogens is 425 g/mol. The van der Waals surface area contributed by atoms with Crippen molar-refractivity contribution in [3.8, 4) is 5.75 Å². The third-order valence-electron chi connectivity index (χ3n) is 4.22. The van der Waals surface area contributed by atoms with Crippen LogP contribution < -0.4 is 10.5 Å². The van der Waals surface area contributed by atoms with E-state index in [9.17, 15) is 19.3 Å². The number of nitrogens with zero attached hydrogens (tertiary/aromatic N) is 4. The Morgan fingerprint density at radius 1 is 1.32 bits per heavy atom. The van der Waals surface area contributed by atoms with Gasteiger partial charge in [-0.3, -0.25) is 19.5 Å². The number of amides is 1. The second-order valence-corrected chi connectivity index (χ2v) is 7.21. The molecule has 3 aromatic rings. The van der Waals surface area contributed by atoms with Crippen molar-refractivity contribution in [1.29, 1.82) is 0 Å². The monoisotopic (exact) mass is 443 g/mol. The summed E-state index contributed by atoms with van der Waals surface area (Å²) in [6.45, 7) is 4.06. The average molecular weight is 443 g/mol. The highest BCUT2D eigenvalue weighted by Crippen LogP contribution is 2.29. The van der Waals surface area contributed by atoms with Crippen LogP contribution in [0.2, 0.25) is 0 Å². The Hall–Kier alpha value is -3.73. The molecule has 0 saturated heterocycles. The van der Waals surface area contributed by atoms with E-state index in [0.717, 1.165) is 6.07 Å². The Balaban J connectivity index is 1.78. The van der Waals surface area contributed by atoms with Crippen LogP contribution in [0.4, 0.5) is 10.1 Å². The molecule has 0 aliphatic heterocycles. The van der Waals surface area contributed by atoms with Crippen LogP contribution in [0.15, 0.2) is 60.3 Å².